The van der Waals surface area contributed by atoms with Crippen molar-refractivity contribution in [3.05, 3.63) is 24.0 Å². The quantitative estimate of drug-likeness (QED) is 0.756. The van der Waals surface area contributed by atoms with Crippen LogP contribution in [-0.2, 0) is 0 Å². The minimum absolute atomic E-state index is 0.150. The molecule has 0 radical (unpaired) electrons. The molecule has 0 atom stereocenters. The van der Waals surface area contributed by atoms with E-state index in [9.17, 15) is 4.79 Å². The summed E-state index contributed by atoms with van der Waals surface area (Å²) >= 11 is 1.55. The first-order valence-electron chi connectivity index (χ1n) is 5.72. The van der Waals surface area contributed by atoms with Gasteiger partial charge in [0.25, 0.3) is 0 Å². The Morgan fingerprint density at radius 3 is 2.76 bits per heavy atom. The molecule has 1 N–H and O–H groups in total. The number of carboxylic acids is 1. The first kappa shape index (κ1) is 14.0. The van der Waals surface area contributed by atoms with E-state index in [1.165, 1.54) is 6.20 Å². The first-order chi connectivity index (χ1) is 8.19. The lowest BCUT2D eigenvalue weighted by molar-refractivity contribution is 0.0686. The van der Waals surface area contributed by atoms with Crippen LogP contribution < -0.4 is 0 Å². The molecule has 5 heteroatoms. The van der Waals surface area contributed by atoms with Crippen molar-refractivity contribution in [3.8, 4) is 0 Å². The molecule has 0 unspecified atom stereocenters. The Morgan fingerprint density at radius 1 is 1.47 bits per heavy atom. The lowest BCUT2D eigenvalue weighted by Crippen LogP contribution is -2.25. The largest absolute Gasteiger partial charge is 0.476 e. The second-order valence-electron chi connectivity index (χ2n) is 3.53. The molecule has 0 spiro atoms. The molecule has 1 heterocycles. The van der Waals surface area contributed by atoms with Crippen LogP contribution in [0.5, 0.6) is 0 Å². The SMILES string of the molecule is CCN(CC)CCSc1cccnc1C(=O)O. The van der Waals surface area contributed by atoms with E-state index >= 15 is 0 Å². The topological polar surface area (TPSA) is 53.4 Å². The maximum Gasteiger partial charge on any atom is 0.355 e. The molecular weight excluding hydrogens is 236 g/mol. The van der Waals surface area contributed by atoms with E-state index in [-0.39, 0.29) is 5.69 Å². The van der Waals surface area contributed by atoms with E-state index in [0.717, 1.165) is 30.3 Å². The van der Waals surface area contributed by atoms with Gasteiger partial charge in [-0.1, -0.05) is 13.8 Å². The fourth-order valence-electron chi connectivity index (χ4n) is 1.49. The molecule has 0 amide bonds. The molecule has 17 heavy (non-hydrogen) atoms. The molecule has 0 aliphatic rings. The Kier molecular flexibility index (Phi) is 6.00. The van der Waals surface area contributed by atoms with Gasteiger partial charge in [-0.25, -0.2) is 9.78 Å². The predicted molar refractivity (Wildman–Crippen MR) is 69.7 cm³/mol. The van der Waals surface area contributed by atoms with Crippen molar-refractivity contribution in [3.63, 3.8) is 0 Å². The summed E-state index contributed by atoms with van der Waals surface area (Å²) in [6, 6.07) is 3.58. The van der Waals surface area contributed by atoms with Crippen molar-refractivity contribution in [1.82, 2.24) is 9.88 Å². The molecule has 0 bridgehead atoms. The summed E-state index contributed by atoms with van der Waals surface area (Å²) in [6.45, 7) is 7.26. The van der Waals surface area contributed by atoms with Crippen LogP contribution in [0, 0.1) is 0 Å². The zero-order valence-corrected chi connectivity index (χ0v) is 11.0. The van der Waals surface area contributed by atoms with Gasteiger partial charge in [-0.3, -0.25) is 0 Å². The van der Waals surface area contributed by atoms with Crippen molar-refractivity contribution in [2.45, 2.75) is 18.7 Å². The third-order valence-electron chi connectivity index (χ3n) is 2.53. The summed E-state index contributed by atoms with van der Waals surface area (Å²) in [5.41, 5.74) is 0.150. The highest BCUT2D eigenvalue weighted by Gasteiger charge is 2.11. The third kappa shape index (κ3) is 4.36. The molecule has 0 saturated heterocycles. The summed E-state index contributed by atoms with van der Waals surface area (Å²) in [7, 11) is 0. The molecule has 0 aliphatic carbocycles. The molecule has 4 nitrogen and oxygen atoms in total. The van der Waals surface area contributed by atoms with Crippen LogP contribution in [0.1, 0.15) is 24.3 Å². The summed E-state index contributed by atoms with van der Waals surface area (Å²) < 4.78 is 0. The number of aromatic nitrogens is 1. The second-order valence-corrected chi connectivity index (χ2v) is 4.67. The van der Waals surface area contributed by atoms with Crippen molar-refractivity contribution in [2.75, 3.05) is 25.4 Å². The number of rotatable bonds is 7. The molecular formula is C12H18N2O2S. The minimum Gasteiger partial charge on any atom is -0.476 e. The van der Waals surface area contributed by atoms with Gasteiger partial charge < -0.3 is 10.0 Å². The van der Waals surface area contributed by atoms with Crippen LogP contribution in [0.15, 0.2) is 23.2 Å². The van der Waals surface area contributed by atoms with E-state index in [1.807, 2.05) is 6.07 Å². The van der Waals surface area contributed by atoms with Gasteiger partial charge in [-0.15, -0.1) is 11.8 Å². The molecule has 0 saturated carbocycles. The number of carboxylic acid groups (broad SMARTS) is 1. The van der Waals surface area contributed by atoms with Crippen LogP contribution >= 0.6 is 11.8 Å². The van der Waals surface area contributed by atoms with Gasteiger partial charge in [0.05, 0.1) is 0 Å². The van der Waals surface area contributed by atoms with E-state index in [2.05, 4.69) is 23.7 Å². The van der Waals surface area contributed by atoms with Gasteiger partial charge in [0.2, 0.25) is 0 Å². The van der Waals surface area contributed by atoms with Gasteiger partial charge in [0, 0.05) is 23.4 Å². The minimum atomic E-state index is -0.962. The van der Waals surface area contributed by atoms with E-state index in [1.54, 1.807) is 17.8 Å². The van der Waals surface area contributed by atoms with Crippen molar-refractivity contribution < 1.29 is 9.90 Å². The average molecular weight is 254 g/mol. The van der Waals surface area contributed by atoms with E-state index in [4.69, 9.17) is 5.11 Å². The van der Waals surface area contributed by atoms with Gasteiger partial charge in [-0.2, -0.15) is 0 Å². The zero-order chi connectivity index (χ0) is 12.7. The van der Waals surface area contributed by atoms with E-state index < -0.39 is 5.97 Å². The van der Waals surface area contributed by atoms with Crippen LogP contribution in [0.25, 0.3) is 0 Å². The maximum atomic E-state index is 10.9. The predicted octanol–water partition coefficient (Wildman–Crippen LogP) is 2.21. The number of aromatic carboxylic acids is 1. The molecule has 94 valence electrons. The van der Waals surface area contributed by atoms with Crippen LogP contribution in [0.2, 0.25) is 0 Å². The fraction of sp³-hybridized carbons (Fsp3) is 0.500. The second kappa shape index (κ2) is 7.29. The van der Waals surface area contributed by atoms with Crippen molar-refractivity contribution >= 4 is 17.7 Å². The summed E-state index contributed by atoms with van der Waals surface area (Å²) in [5.74, 6) is -0.0795. The highest BCUT2D eigenvalue weighted by Crippen LogP contribution is 2.20. The Morgan fingerprint density at radius 2 is 2.18 bits per heavy atom. The van der Waals surface area contributed by atoms with Crippen LogP contribution in [0.4, 0.5) is 0 Å². The summed E-state index contributed by atoms with van der Waals surface area (Å²) in [6.07, 6.45) is 1.51. The number of carbonyl (C=O) groups is 1. The molecule has 1 rings (SSSR count). The maximum absolute atomic E-state index is 10.9. The van der Waals surface area contributed by atoms with Gasteiger partial charge in [-0.05, 0) is 25.2 Å². The smallest absolute Gasteiger partial charge is 0.355 e. The Balaban J connectivity index is 2.54. The van der Waals surface area contributed by atoms with Crippen molar-refractivity contribution in [1.29, 1.82) is 0 Å². The molecule has 0 aliphatic heterocycles. The van der Waals surface area contributed by atoms with Crippen molar-refractivity contribution in [2.24, 2.45) is 0 Å². The Bertz CT molecular complexity index is 367. The number of hydrogen-bond donors (Lipinski definition) is 1. The number of thioether (sulfide) groups is 1. The van der Waals surface area contributed by atoms with Crippen LogP contribution in [-0.4, -0.2) is 46.3 Å². The van der Waals surface area contributed by atoms with Crippen LogP contribution in [0.3, 0.4) is 0 Å². The fourth-order valence-corrected chi connectivity index (χ4v) is 2.51. The summed E-state index contributed by atoms with van der Waals surface area (Å²) in [5, 5.41) is 8.98. The molecule has 0 fully saturated rings. The number of nitrogens with zero attached hydrogens (tertiary/aromatic N) is 2. The Labute approximate surface area is 106 Å². The molecule has 1 aromatic heterocycles. The number of hydrogen-bond acceptors (Lipinski definition) is 4. The zero-order valence-electron chi connectivity index (χ0n) is 10.2. The lowest BCUT2D eigenvalue weighted by Gasteiger charge is -2.17. The monoisotopic (exact) mass is 254 g/mol. The highest BCUT2D eigenvalue weighted by atomic mass is 32.2. The Hall–Kier alpha value is -1.07. The van der Waals surface area contributed by atoms with Gasteiger partial charge in [0.15, 0.2) is 5.69 Å². The molecule has 1 aromatic rings. The van der Waals surface area contributed by atoms with E-state index in [0.29, 0.717) is 0 Å². The number of pyridine rings is 1. The third-order valence-corrected chi connectivity index (χ3v) is 3.56. The first-order valence-corrected chi connectivity index (χ1v) is 6.71. The standard InChI is InChI=1S/C12H18N2O2S/c1-3-14(4-2)8-9-17-10-6-5-7-13-11(10)12(15)16/h5-7H,3-4,8-9H2,1-2H3,(H,15,16). The van der Waals surface area contributed by atoms with Gasteiger partial charge >= 0.3 is 5.97 Å². The average Bonchev–Trinajstić information content (AvgIpc) is 2.35. The molecule has 0 aromatic carbocycles. The normalized spacial score (nSPS) is 10.8. The summed E-state index contributed by atoms with van der Waals surface area (Å²) in [4.78, 5) is 17.9. The highest BCUT2D eigenvalue weighted by molar-refractivity contribution is 7.99. The lowest BCUT2D eigenvalue weighted by atomic mass is 10.3. The van der Waals surface area contributed by atoms with Gasteiger partial charge in [0.1, 0.15) is 0 Å².